The Balaban J connectivity index is 2.23. The van der Waals surface area contributed by atoms with E-state index in [1.807, 2.05) is 0 Å². The Bertz CT molecular complexity index is 696. The number of halogens is 3. The second-order valence-electron chi connectivity index (χ2n) is 7.26. The van der Waals surface area contributed by atoms with E-state index in [4.69, 9.17) is 19.2 Å². The van der Waals surface area contributed by atoms with E-state index in [9.17, 15) is 18.0 Å². The molecule has 0 bridgehead atoms. The van der Waals surface area contributed by atoms with Gasteiger partial charge in [0.05, 0.1) is 17.7 Å². The predicted octanol–water partition coefficient (Wildman–Crippen LogP) is 2.39. The van der Waals surface area contributed by atoms with Crippen LogP contribution in [0.1, 0.15) is 33.3 Å². The van der Waals surface area contributed by atoms with Crippen molar-refractivity contribution in [1.29, 1.82) is 0 Å². The average molecular weight is 390 g/mol. The van der Waals surface area contributed by atoms with E-state index < -0.39 is 42.0 Å². The van der Waals surface area contributed by atoms with Gasteiger partial charge in [-0.05, 0) is 33.8 Å². The van der Waals surface area contributed by atoms with E-state index >= 15 is 0 Å². The largest absolute Gasteiger partial charge is 0.496 e. The molecular formula is C16H22BF3N2O5. The molecule has 0 aromatic carbocycles. The number of alkyl halides is 3. The van der Waals surface area contributed by atoms with Gasteiger partial charge in [0.15, 0.2) is 0 Å². The van der Waals surface area contributed by atoms with Crippen molar-refractivity contribution in [3.63, 3.8) is 0 Å². The van der Waals surface area contributed by atoms with Crippen LogP contribution in [0.4, 0.5) is 18.0 Å². The zero-order valence-electron chi connectivity index (χ0n) is 15.8. The minimum Gasteiger partial charge on any atom is -0.475 e. The molecule has 0 saturated carbocycles. The highest BCUT2D eigenvalue weighted by molar-refractivity contribution is 6.62. The van der Waals surface area contributed by atoms with Crippen LogP contribution in [0.15, 0.2) is 12.3 Å². The maximum absolute atomic E-state index is 13.4. The van der Waals surface area contributed by atoms with Gasteiger partial charge in [-0.25, -0.2) is 9.78 Å². The molecule has 1 aromatic heterocycles. The molecule has 2 heterocycles. The van der Waals surface area contributed by atoms with Crippen LogP contribution in [0.5, 0.6) is 5.88 Å². The summed E-state index contributed by atoms with van der Waals surface area (Å²) in [6.07, 6.45) is -4.72. The van der Waals surface area contributed by atoms with Crippen molar-refractivity contribution in [1.82, 2.24) is 9.88 Å². The standard InChI is InChI=1S/C16H22BF3N2O5/c1-14(2)15(3,4)27-17(26-14)10-8-11(16(18,19)20)12(21-9-10)25-7-6-22(5)13(23)24/h8-9H,6-7H2,1-5H3,(H,23,24). The third kappa shape index (κ3) is 4.64. The van der Waals surface area contributed by atoms with Crippen LogP contribution >= 0.6 is 0 Å². The van der Waals surface area contributed by atoms with Gasteiger partial charge in [0.2, 0.25) is 5.88 Å². The first-order chi connectivity index (χ1) is 12.2. The topological polar surface area (TPSA) is 81.1 Å². The molecule has 1 aliphatic rings. The number of pyridine rings is 1. The molecule has 1 aromatic rings. The summed E-state index contributed by atoms with van der Waals surface area (Å²) in [5.74, 6) is -0.624. The number of rotatable bonds is 5. The van der Waals surface area contributed by atoms with Gasteiger partial charge >= 0.3 is 19.4 Å². The number of carboxylic acid groups (broad SMARTS) is 1. The van der Waals surface area contributed by atoms with Crippen LogP contribution in [0, 0.1) is 0 Å². The Labute approximate surface area is 155 Å². The Morgan fingerprint density at radius 3 is 2.33 bits per heavy atom. The minimum atomic E-state index is -4.71. The van der Waals surface area contributed by atoms with Gasteiger partial charge in [0.25, 0.3) is 0 Å². The van der Waals surface area contributed by atoms with Crippen molar-refractivity contribution in [3.05, 3.63) is 17.8 Å². The van der Waals surface area contributed by atoms with Crippen molar-refractivity contribution in [2.24, 2.45) is 0 Å². The van der Waals surface area contributed by atoms with Gasteiger partial charge in [0, 0.05) is 18.7 Å². The summed E-state index contributed by atoms with van der Waals surface area (Å²) >= 11 is 0. The molecule has 0 aliphatic carbocycles. The van der Waals surface area contributed by atoms with Crippen molar-refractivity contribution in [2.75, 3.05) is 20.2 Å². The molecule has 1 saturated heterocycles. The average Bonchev–Trinajstić information content (AvgIpc) is 2.74. The van der Waals surface area contributed by atoms with Crippen LogP contribution in [0.2, 0.25) is 0 Å². The van der Waals surface area contributed by atoms with Crippen LogP contribution in [0.3, 0.4) is 0 Å². The van der Waals surface area contributed by atoms with Crippen LogP contribution in [0.25, 0.3) is 0 Å². The summed E-state index contributed by atoms with van der Waals surface area (Å²) in [6, 6.07) is 0.880. The molecule has 2 rings (SSSR count). The highest BCUT2D eigenvalue weighted by atomic mass is 19.4. The molecule has 0 radical (unpaired) electrons. The van der Waals surface area contributed by atoms with Gasteiger partial charge in [-0.3, -0.25) is 0 Å². The minimum absolute atomic E-state index is 0.104. The summed E-state index contributed by atoms with van der Waals surface area (Å²) in [5.41, 5.74) is -2.36. The number of aromatic nitrogens is 1. The van der Waals surface area contributed by atoms with Crippen LogP contribution in [-0.2, 0) is 15.5 Å². The molecule has 0 atom stereocenters. The molecule has 1 amide bonds. The lowest BCUT2D eigenvalue weighted by Crippen LogP contribution is -2.41. The van der Waals surface area contributed by atoms with Gasteiger partial charge in [-0.15, -0.1) is 0 Å². The molecule has 1 aliphatic heterocycles. The molecule has 1 N–H and O–H groups in total. The zero-order chi connectivity index (χ0) is 20.6. The number of amides is 1. The van der Waals surface area contributed by atoms with Gasteiger partial charge in [-0.2, -0.15) is 13.2 Å². The van der Waals surface area contributed by atoms with Crippen molar-refractivity contribution in [2.45, 2.75) is 45.1 Å². The first-order valence-electron chi connectivity index (χ1n) is 8.24. The number of hydrogen-bond donors (Lipinski definition) is 1. The summed E-state index contributed by atoms with van der Waals surface area (Å²) in [4.78, 5) is 15.4. The highest BCUT2D eigenvalue weighted by Crippen LogP contribution is 2.38. The lowest BCUT2D eigenvalue weighted by Gasteiger charge is -2.32. The number of ether oxygens (including phenoxy) is 1. The van der Waals surface area contributed by atoms with Crippen molar-refractivity contribution < 1.29 is 37.1 Å². The first kappa shape index (κ1) is 21.3. The van der Waals surface area contributed by atoms with E-state index in [1.54, 1.807) is 27.7 Å². The maximum Gasteiger partial charge on any atom is 0.496 e. The molecule has 0 unspecified atom stereocenters. The van der Waals surface area contributed by atoms with Crippen molar-refractivity contribution >= 4 is 18.7 Å². The second-order valence-corrected chi connectivity index (χ2v) is 7.26. The maximum atomic E-state index is 13.4. The number of nitrogens with zero attached hydrogens (tertiary/aromatic N) is 2. The van der Waals surface area contributed by atoms with Gasteiger partial charge in [-0.1, -0.05) is 0 Å². The smallest absolute Gasteiger partial charge is 0.475 e. The molecule has 1 fully saturated rings. The fourth-order valence-corrected chi connectivity index (χ4v) is 2.27. The Morgan fingerprint density at radius 1 is 1.30 bits per heavy atom. The summed E-state index contributed by atoms with van der Waals surface area (Å²) in [6.45, 7) is 6.80. The third-order valence-corrected chi connectivity index (χ3v) is 4.70. The van der Waals surface area contributed by atoms with Gasteiger partial charge in [0.1, 0.15) is 12.2 Å². The lowest BCUT2D eigenvalue weighted by atomic mass is 9.79. The molecule has 0 spiro atoms. The van der Waals surface area contributed by atoms with Crippen LogP contribution < -0.4 is 10.2 Å². The summed E-state index contributed by atoms with van der Waals surface area (Å²) < 4.78 is 56.9. The van der Waals surface area contributed by atoms with E-state index in [1.165, 1.54) is 13.2 Å². The fraction of sp³-hybridized carbons (Fsp3) is 0.625. The van der Waals surface area contributed by atoms with E-state index in [0.717, 1.165) is 11.0 Å². The summed E-state index contributed by atoms with van der Waals surface area (Å²) in [7, 11) is 0.293. The second kappa shape index (κ2) is 7.19. The van der Waals surface area contributed by atoms with Crippen molar-refractivity contribution in [3.8, 4) is 5.88 Å². The molecule has 11 heteroatoms. The Kier molecular flexibility index (Phi) is 5.67. The highest BCUT2D eigenvalue weighted by Gasteiger charge is 2.52. The Morgan fingerprint density at radius 2 is 1.85 bits per heavy atom. The van der Waals surface area contributed by atoms with E-state index in [2.05, 4.69) is 4.98 Å². The quantitative estimate of drug-likeness (QED) is 0.778. The van der Waals surface area contributed by atoms with Crippen LogP contribution in [-0.4, -0.2) is 59.6 Å². The molecular weight excluding hydrogens is 368 g/mol. The van der Waals surface area contributed by atoms with Gasteiger partial charge < -0.3 is 24.1 Å². The number of hydrogen-bond acceptors (Lipinski definition) is 5. The molecule has 150 valence electrons. The monoisotopic (exact) mass is 390 g/mol. The predicted molar refractivity (Wildman–Crippen MR) is 91.1 cm³/mol. The number of likely N-dealkylation sites (N-methyl/N-ethyl adjacent to an activating group) is 1. The first-order valence-corrected chi connectivity index (χ1v) is 8.24. The normalized spacial score (nSPS) is 18.4. The Hall–Kier alpha value is -2.01. The number of carbonyl (C=O) groups is 1. The lowest BCUT2D eigenvalue weighted by molar-refractivity contribution is -0.139. The van der Waals surface area contributed by atoms with E-state index in [0.29, 0.717) is 0 Å². The molecule has 7 nitrogen and oxygen atoms in total. The third-order valence-electron chi connectivity index (χ3n) is 4.70. The fourth-order valence-electron chi connectivity index (χ4n) is 2.27. The summed E-state index contributed by atoms with van der Waals surface area (Å²) in [5, 5.41) is 8.75. The molecule has 27 heavy (non-hydrogen) atoms. The SMILES string of the molecule is CN(CCOc1ncc(B2OC(C)(C)C(C)(C)O2)cc1C(F)(F)F)C(=O)O. The zero-order valence-corrected chi connectivity index (χ0v) is 15.8. The van der Waals surface area contributed by atoms with E-state index in [-0.39, 0.29) is 18.6 Å².